The maximum atomic E-state index is 11.5. The van der Waals surface area contributed by atoms with Gasteiger partial charge >= 0.3 is 17.9 Å². The Morgan fingerprint density at radius 3 is 1.15 bits per heavy atom. The van der Waals surface area contributed by atoms with E-state index in [-0.39, 0.29) is 5.92 Å². The van der Waals surface area contributed by atoms with Gasteiger partial charge in [0.05, 0.1) is 31.0 Å². The summed E-state index contributed by atoms with van der Waals surface area (Å²) in [7, 11) is 2.61. The number of carbonyl (C=O) groups is 3. The Morgan fingerprint density at radius 2 is 1.05 bits per heavy atom. The second-order valence-corrected chi connectivity index (χ2v) is 5.73. The summed E-state index contributed by atoms with van der Waals surface area (Å²) in [6, 6.07) is 0. The zero-order valence-corrected chi connectivity index (χ0v) is 13.6. The predicted molar refractivity (Wildman–Crippen MR) is 74.1 cm³/mol. The summed E-state index contributed by atoms with van der Waals surface area (Å²) in [6.07, 6.45) is 0. The first-order chi connectivity index (χ1) is 8.86. The molecule has 0 heterocycles. The normalized spacial score (nSPS) is 11.2. The van der Waals surface area contributed by atoms with E-state index in [0.29, 0.717) is 0 Å². The van der Waals surface area contributed by atoms with Crippen molar-refractivity contribution >= 4 is 17.9 Å². The van der Waals surface area contributed by atoms with E-state index in [0.717, 1.165) is 0 Å². The fourth-order valence-electron chi connectivity index (χ4n) is 1.02. The van der Waals surface area contributed by atoms with Crippen molar-refractivity contribution in [3.05, 3.63) is 0 Å². The topological polar surface area (TPSA) is 89.9 Å². The largest absolute Gasteiger partial charge is 0.481 e. The average molecular weight is 290 g/mol. The maximum Gasteiger partial charge on any atom is 0.312 e. The molecule has 1 N–H and O–H groups in total. The number of hydrogen-bond donors (Lipinski definition) is 1. The van der Waals surface area contributed by atoms with Crippen LogP contribution < -0.4 is 0 Å². The van der Waals surface area contributed by atoms with Crippen LogP contribution in [0.1, 0.15) is 41.5 Å². The lowest BCUT2D eigenvalue weighted by Gasteiger charge is -2.36. The van der Waals surface area contributed by atoms with Gasteiger partial charge in [0.1, 0.15) is 0 Å². The number of carboxylic acid groups (broad SMARTS) is 1. The van der Waals surface area contributed by atoms with Crippen LogP contribution in [0.5, 0.6) is 0 Å². The number of carbonyl (C=O) groups excluding carboxylic acids is 2. The molecule has 0 aromatic heterocycles. The molecule has 0 aliphatic heterocycles. The van der Waals surface area contributed by atoms with Crippen molar-refractivity contribution in [2.45, 2.75) is 41.5 Å². The van der Waals surface area contributed by atoms with Gasteiger partial charge in [0.25, 0.3) is 0 Å². The number of ether oxygens (including phenoxy) is 2. The molecule has 0 radical (unpaired) electrons. The monoisotopic (exact) mass is 290 g/mol. The highest BCUT2D eigenvalue weighted by atomic mass is 16.5. The van der Waals surface area contributed by atoms with E-state index in [9.17, 15) is 14.4 Å². The van der Waals surface area contributed by atoms with Gasteiger partial charge in [-0.05, 0) is 27.7 Å². The summed E-state index contributed by atoms with van der Waals surface area (Å²) >= 11 is 0. The molecule has 20 heavy (non-hydrogen) atoms. The van der Waals surface area contributed by atoms with Crippen molar-refractivity contribution in [3.8, 4) is 0 Å². The third-order valence-electron chi connectivity index (χ3n) is 3.45. The molecule has 0 saturated carbocycles. The summed E-state index contributed by atoms with van der Waals surface area (Å²) in [5.74, 6) is -1.82. The maximum absolute atomic E-state index is 11.5. The summed E-state index contributed by atoms with van der Waals surface area (Å²) in [6.45, 7) is 9.93. The van der Waals surface area contributed by atoms with E-state index in [1.807, 2.05) is 0 Å². The molecule has 0 spiro atoms. The van der Waals surface area contributed by atoms with Crippen LogP contribution in [-0.4, -0.2) is 37.2 Å². The predicted octanol–water partition coefficient (Wildman–Crippen LogP) is 2.11. The molecule has 0 rings (SSSR count). The minimum atomic E-state index is -0.908. The highest BCUT2D eigenvalue weighted by Crippen LogP contribution is 2.40. The SMILES string of the molecule is CC(C)C(=O)O.COC(=O)C(C)(C)C(C)(C)C(=O)OC. The molecule has 0 aliphatic rings. The number of aliphatic carboxylic acids is 1. The Balaban J connectivity index is 0. The molecule has 0 saturated heterocycles. The summed E-state index contributed by atoms with van der Waals surface area (Å²) in [4.78, 5) is 32.6. The number of methoxy groups -OCH3 is 2. The van der Waals surface area contributed by atoms with E-state index >= 15 is 0 Å². The van der Waals surface area contributed by atoms with Crippen LogP contribution in [0.4, 0.5) is 0 Å². The lowest BCUT2D eigenvalue weighted by atomic mass is 9.68. The molecule has 0 amide bonds. The summed E-state index contributed by atoms with van der Waals surface area (Å²) in [5.41, 5.74) is -1.82. The Morgan fingerprint density at radius 1 is 0.850 bits per heavy atom. The first-order valence-electron chi connectivity index (χ1n) is 6.25. The van der Waals surface area contributed by atoms with Crippen LogP contribution in [-0.2, 0) is 23.9 Å². The summed E-state index contributed by atoms with van der Waals surface area (Å²) in [5, 5.41) is 7.99. The molecular weight excluding hydrogens is 264 g/mol. The van der Waals surface area contributed by atoms with Gasteiger partial charge in [0, 0.05) is 0 Å². The van der Waals surface area contributed by atoms with Crippen LogP contribution in [0, 0.1) is 16.7 Å². The third kappa shape index (κ3) is 5.19. The van der Waals surface area contributed by atoms with Crippen molar-refractivity contribution in [2.24, 2.45) is 16.7 Å². The first kappa shape index (κ1) is 20.7. The van der Waals surface area contributed by atoms with Crippen molar-refractivity contribution in [1.29, 1.82) is 0 Å². The highest BCUT2D eigenvalue weighted by molar-refractivity contribution is 5.87. The number of hydrogen-bond acceptors (Lipinski definition) is 5. The van der Waals surface area contributed by atoms with Gasteiger partial charge < -0.3 is 14.6 Å². The standard InChI is InChI=1S/C10H18O4.C4H8O2/c1-9(2,7(11)13-5)10(3,4)8(12)14-6;1-3(2)4(5)6/h1-6H3;3H,1-2H3,(H,5,6). The Hall–Kier alpha value is -1.59. The molecule has 6 heteroatoms. The number of carboxylic acids is 1. The molecule has 0 bridgehead atoms. The zero-order chi connectivity index (χ0) is 16.7. The fourth-order valence-corrected chi connectivity index (χ4v) is 1.02. The van der Waals surface area contributed by atoms with Crippen LogP contribution in [0.3, 0.4) is 0 Å². The van der Waals surface area contributed by atoms with Crippen molar-refractivity contribution in [1.82, 2.24) is 0 Å². The lowest BCUT2D eigenvalue weighted by Crippen LogP contribution is -2.46. The van der Waals surface area contributed by atoms with Crippen molar-refractivity contribution < 1.29 is 29.0 Å². The molecule has 0 aliphatic carbocycles. The van der Waals surface area contributed by atoms with Crippen molar-refractivity contribution in [2.75, 3.05) is 14.2 Å². The van der Waals surface area contributed by atoms with Gasteiger partial charge in [-0.1, -0.05) is 13.8 Å². The molecule has 0 atom stereocenters. The molecule has 118 valence electrons. The lowest BCUT2D eigenvalue weighted by molar-refractivity contribution is -0.172. The zero-order valence-electron chi connectivity index (χ0n) is 13.6. The van der Waals surface area contributed by atoms with Gasteiger partial charge in [0.2, 0.25) is 0 Å². The minimum Gasteiger partial charge on any atom is -0.481 e. The van der Waals surface area contributed by atoms with Crippen LogP contribution in [0.25, 0.3) is 0 Å². The van der Waals surface area contributed by atoms with E-state index in [4.69, 9.17) is 5.11 Å². The highest BCUT2D eigenvalue weighted by Gasteiger charge is 2.50. The first-order valence-corrected chi connectivity index (χ1v) is 6.25. The van der Waals surface area contributed by atoms with E-state index in [1.54, 1.807) is 41.5 Å². The van der Waals surface area contributed by atoms with E-state index in [2.05, 4.69) is 9.47 Å². The second-order valence-electron chi connectivity index (χ2n) is 5.73. The van der Waals surface area contributed by atoms with Gasteiger partial charge in [0.15, 0.2) is 0 Å². The van der Waals surface area contributed by atoms with Gasteiger partial charge in [-0.15, -0.1) is 0 Å². The average Bonchev–Trinajstić information content (AvgIpc) is 2.36. The van der Waals surface area contributed by atoms with E-state index in [1.165, 1.54) is 14.2 Å². The quantitative estimate of drug-likeness (QED) is 0.797. The van der Waals surface area contributed by atoms with Gasteiger partial charge in [-0.3, -0.25) is 14.4 Å². The van der Waals surface area contributed by atoms with E-state index < -0.39 is 28.7 Å². The van der Waals surface area contributed by atoms with Crippen molar-refractivity contribution in [3.63, 3.8) is 0 Å². The molecule has 0 aromatic carbocycles. The van der Waals surface area contributed by atoms with Crippen LogP contribution in [0.2, 0.25) is 0 Å². The number of rotatable bonds is 4. The van der Waals surface area contributed by atoms with Crippen LogP contribution in [0.15, 0.2) is 0 Å². The molecule has 0 unspecified atom stereocenters. The summed E-state index contributed by atoms with van der Waals surface area (Å²) < 4.78 is 9.30. The Bertz CT molecular complexity index is 329. The third-order valence-corrected chi connectivity index (χ3v) is 3.45. The van der Waals surface area contributed by atoms with Gasteiger partial charge in [-0.2, -0.15) is 0 Å². The molecular formula is C14H26O6. The Kier molecular flexibility index (Phi) is 8.15. The minimum absolute atomic E-state index is 0.231. The smallest absolute Gasteiger partial charge is 0.312 e. The molecule has 0 aromatic rings. The second kappa shape index (κ2) is 7.87. The van der Waals surface area contributed by atoms with Gasteiger partial charge in [-0.25, -0.2) is 0 Å². The molecule has 0 fully saturated rings. The number of esters is 2. The molecule has 6 nitrogen and oxygen atoms in total. The Labute approximate surface area is 120 Å². The fraction of sp³-hybridized carbons (Fsp3) is 0.786. The van der Waals surface area contributed by atoms with Crippen LogP contribution >= 0.6 is 0 Å².